The van der Waals surface area contributed by atoms with E-state index in [1.807, 2.05) is 13.0 Å². The second-order valence-corrected chi connectivity index (χ2v) is 6.91. The molecule has 148 valence electrons. The topological polar surface area (TPSA) is 46.1 Å². The first-order chi connectivity index (χ1) is 13.7. The largest absolute Gasteiger partial charge is 0.419 e. The number of carbonyl (C=O) groups excluding carboxylic acids is 1. The van der Waals surface area contributed by atoms with Gasteiger partial charge in [-0.1, -0.05) is 12.1 Å². The zero-order valence-corrected chi connectivity index (χ0v) is 15.3. The molecule has 1 aliphatic heterocycles. The van der Waals surface area contributed by atoms with Crippen molar-refractivity contribution in [3.05, 3.63) is 77.1 Å². The first-order valence-corrected chi connectivity index (χ1v) is 8.79. The maximum Gasteiger partial charge on any atom is 0.419 e. The number of hydrogen-bond acceptors (Lipinski definition) is 3. The van der Waals surface area contributed by atoms with Crippen molar-refractivity contribution in [2.24, 2.45) is 0 Å². The van der Waals surface area contributed by atoms with E-state index < -0.39 is 17.6 Å². The van der Waals surface area contributed by atoms with E-state index in [0.717, 1.165) is 23.3 Å². The molecule has 0 N–H and O–H groups in total. The van der Waals surface area contributed by atoms with Crippen LogP contribution in [0.5, 0.6) is 0 Å². The maximum absolute atomic E-state index is 13.6. The number of aryl methyl sites for hydroxylation is 1. The summed E-state index contributed by atoms with van der Waals surface area (Å²) < 4.78 is 52.7. The van der Waals surface area contributed by atoms with Gasteiger partial charge in [-0.2, -0.15) is 13.2 Å². The number of hydrogen-bond donors (Lipinski definition) is 0. The molecule has 0 saturated carbocycles. The van der Waals surface area contributed by atoms with E-state index in [1.165, 1.54) is 17.2 Å². The van der Waals surface area contributed by atoms with Crippen LogP contribution in [0.3, 0.4) is 0 Å². The average Bonchev–Trinajstić information content (AvgIpc) is 2.96. The molecule has 0 saturated heterocycles. The number of aromatic nitrogens is 2. The Morgan fingerprint density at radius 1 is 1.07 bits per heavy atom. The lowest BCUT2D eigenvalue weighted by molar-refractivity contribution is -0.140. The quantitative estimate of drug-likeness (QED) is 0.598. The Hall–Kier alpha value is -3.29. The molecule has 4 rings (SSSR count). The van der Waals surface area contributed by atoms with Crippen molar-refractivity contribution < 1.29 is 22.4 Å². The van der Waals surface area contributed by atoms with Crippen LogP contribution in [0.25, 0.3) is 11.1 Å². The summed E-state index contributed by atoms with van der Waals surface area (Å²) in [5.41, 5.74) is 2.07. The van der Waals surface area contributed by atoms with Crippen LogP contribution in [-0.4, -0.2) is 15.9 Å². The van der Waals surface area contributed by atoms with Crippen LogP contribution in [-0.2, 0) is 23.9 Å². The van der Waals surface area contributed by atoms with Crippen LogP contribution >= 0.6 is 0 Å². The Balaban J connectivity index is 1.72. The molecule has 8 heteroatoms. The van der Waals surface area contributed by atoms with E-state index >= 15 is 0 Å². The molecule has 1 amide bonds. The van der Waals surface area contributed by atoms with Crippen molar-refractivity contribution >= 4 is 11.6 Å². The lowest BCUT2D eigenvalue weighted by Gasteiger charge is -2.18. The second-order valence-electron chi connectivity index (χ2n) is 6.91. The van der Waals surface area contributed by atoms with Crippen molar-refractivity contribution in [3.63, 3.8) is 0 Å². The molecule has 3 aromatic rings. The van der Waals surface area contributed by atoms with Gasteiger partial charge in [0.05, 0.1) is 29.9 Å². The molecular formula is C21H15F4N3O. The fourth-order valence-electron chi connectivity index (χ4n) is 3.36. The number of carbonyl (C=O) groups is 1. The first-order valence-electron chi connectivity index (χ1n) is 8.79. The summed E-state index contributed by atoms with van der Waals surface area (Å²) in [5.74, 6) is -1.49. The summed E-state index contributed by atoms with van der Waals surface area (Å²) in [6, 6.07) is 6.33. The molecule has 0 spiro atoms. The molecule has 0 unspecified atom stereocenters. The summed E-state index contributed by atoms with van der Waals surface area (Å²) in [7, 11) is 0. The zero-order valence-electron chi connectivity index (χ0n) is 15.3. The van der Waals surface area contributed by atoms with Crippen LogP contribution in [0.2, 0.25) is 0 Å². The molecule has 3 heterocycles. The highest BCUT2D eigenvalue weighted by atomic mass is 19.4. The minimum Gasteiger partial charge on any atom is -0.306 e. The summed E-state index contributed by atoms with van der Waals surface area (Å²) in [6.07, 6.45) is 0.0779. The third-order valence-electron chi connectivity index (χ3n) is 4.74. The van der Waals surface area contributed by atoms with Crippen molar-refractivity contribution in [1.82, 2.24) is 9.97 Å². The molecule has 0 fully saturated rings. The molecule has 1 aromatic carbocycles. The lowest BCUT2D eigenvalue weighted by atomic mass is 10.0. The highest BCUT2D eigenvalue weighted by Crippen LogP contribution is 2.36. The van der Waals surface area contributed by atoms with Gasteiger partial charge in [0.1, 0.15) is 5.82 Å². The van der Waals surface area contributed by atoms with Gasteiger partial charge in [0.25, 0.3) is 0 Å². The van der Waals surface area contributed by atoms with Crippen LogP contribution in [0.4, 0.5) is 23.2 Å². The molecule has 4 nitrogen and oxygen atoms in total. The molecular weight excluding hydrogens is 386 g/mol. The van der Waals surface area contributed by atoms with Crippen molar-refractivity contribution in [1.29, 1.82) is 0 Å². The van der Waals surface area contributed by atoms with Gasteiger partial charge in [-0.25, -0.2) is 4.39 Å². The van der Waals surface area contributed by atoms with Crippen molar-refractivity contribution in [2.75, 3.05) is 4.90 Å². The molecule has 0 radical (unpaired) electrons. The number of pyridine rings is 2. The minimum atomic E-state index is -4.80. The van der Waals surface area contributed by atoms with Crippen LogP contribution in [0.1, 0.15) is 22.4 Å². The third kappa shape index (κ3) is 3.70. The van der Waals surface area contributed by atoms with Gasteiger partial charge >= 0.3 is 6.18 Å². The summed E-state index contributed by atoms with van der Waals surface area (Å²) in [5, 5.41) is 0. The van der Waals surface area contributed by atoms with Gasteiger partial charge in [-0.15, -0.1) is 0 Å². The van der Waals surface area contributed by atoms with Crippen LogP contribution < -0.4 is 4.90 Å². The highest BCUT2D eigenvalue weighted by molar-refractivity contribution is 6.01. The smallest absolute Gasteiger partial charge is 0.306 e. The Morgan fingerprint density at radius 2 is 1.86 bits per heavy atom. The van der Waals surface area contributed by atoms with E-state index in [1.54, 1.807) is 18.5 Å². The third-order valence-corrected chi connectivity index (χ3v) is 4.74. The molecule has 0 atom stereocenters. The number of rotatable bonds is 3. The fraction of sp³-hybridized carbons (Fsp3) is 0.190. The summed E-state index contributed by atoms with van der Waals surface area (Å²) in [6.45, 7) is 2.17. The van der Waals surface area contributed by atoms with E-state index in [9.17, 15) is 22.4 Å². The first kappa shape index (κ1) is 19.0. The van der Waals surface area contributed by atoms with Gasteiger partial charge in [0, 0.05) is 24.2 Å². The van der Waals surface area contributed by atoms with Gasteiger partial charge in [0.2, 0.25) is 5.91 Å². The number of amides is 1. The molecule has 29 heavy (non-hydrogen) atoms. The average molecular weight is 401 g/mol. The minimum absolute atomic E-state index is 0.117. The predicted octanol–water partition coefficient (Wildman–Crippen LogP) is 4.70. The second kappa shape index (κ2) is 6.95. The van der Waals surface area contributed by atoms with Crippen molar-refractivity contribution in [3.8, 4) is 11.1 Å². The van der Waals surface area contributed by atoms with E-state index in [4.69, 9.17) is 0 Å². The Labute approximate surface area is 163 Å². The van der Waals surface area contributed by atoms with E-state index in [0.29, 0.717) is 16.9 Å². The maximum atomic E-state index is 13.6. The van der Waals surface area contributed by atoms with Gasteiger partial charge in [-0.3, -0.25) is 14.8 Å². The molecule has 2 aromatic heterocycles. The SMILES string of the molecule is Cc1cncc(CN2C(=O)Cc3ncc(-c4ccc(F)c(C(F)(F)F)c4)cc32)c1. The highest BCUT2D eigenvalue weighted by Gasteiger charge is 2.34. The number of nitrogens with zero attached hydrogens (tertiary/aromatic N) is 3. The van der Waals surface area contributed by atoms with Crippen LogP contribution in [0.15, 0.2) is 48.9 Å². The van der Waals surface area contributed by atoms with Gasteiger partial charge < -0.3 is 4.90 Å². The van der Waals surface area contributed by atoms with E-state index in [2.05, 4.69) is 9.97 Å². The zero-order chi connectivity index (χ0) is 20.8. The number of alkyl halides is 3. The standard InChI is InChI=1S/C21H15F4N3O/c1-12-4-13(9-26-8-12)11-28-19-6-15(10-27-18(19)7-20(28)29)14-2-3-17(22)16(5-14)21(23,24)25/h2-6,8-10H,7,11H2,1H3. The number of anilines is 1. The van der Waals surface area contributed by atoms with Crippen molar-refractivity contribution in [2.45, 2.75) is 26.1 Å². The van der Waals surface area contributed by atoms with E-state index in [-0.39, 0.29) is 24.4 Å². The normalized spacial score (nSPS) is 13.7. The Kier molecular flexibility index (Phi) is 4.56. The number of benzene rings is 1. The van der Waals surface area contributed by atoms with Crippen LogP contribution in [0, 0.1) is 12.7 Å². The molecule has 0 bridgehead atoms. The Morgan fingerprint density at radius 3 is 2.59 bits per heavy atom. The van der Waals surface area contributed by atoms with Gasteiger partial charge in [-0.05, 0) is 41.8 Å². The molecule has 1 aliphatic rings. The molecule has 0 aliphatic carbocycles. The summed E-state index contributed by atoms with van der Waals surface area (Å²) >= 11 is 0. The van der Waals surface area contributed by atoms with Gasteiger partial charge in [0.15, 0.2) is 0 Å². The number of fused-ring (bicyclic) bond motifs is 1. The Bertz CT molecular complexity index is 1110. The number of halogens is 4. The predicted molar refractivity (Wildman–Crippen MR) is 98.5 cm³/mol. The fourth-order valence-corrected chi connectivity index (χ4v) is 3.36. The summed E-state index contributed by atoms with van der Waals surface area (Å²) in [4.78, 5) is 22.4. The monoisotopic (exact) mass is 401 g/mol. The lowest BCUT2D eigenvalue weighted by Crippen LogP contribution is -2.26.